The molecule has 1 aliphatic heterocycles. The van der Waals surface area contributed by atoms with E-state index in [9.17, 15) is 4.79 Å². The maximum absolute atomic E-state index is 12.6. The Balaban J connectivity index is 0.00000242. The lowest BCUT2D eigenvalue weighted by Gasteiger charge is -2.34. The summed E-state index contributed by atoms with van der Waals surface area (Å²) >= 11 is 7.49. The molecule has 0 spiro atoms. The van der Waals surface area contributed by atoms with Crippen molar-refractivity contribution in [1.82, 2.24) is 10.2 Å². The van der Waals surface area contributed by atoms with Crippen molar-refractivity contribution in [2.75, 3.05) is 26.7 Å². The van der Waals surface area contributed by atoms with Crippen molar-refractivity contribution < 1.29 is 4.79 Å². The van der Waals surface area contributed by atoms with E-state index in [0.29, 0.717) is 5.92 Å². The summed E-state index contributed by atoms with van der Waals surface area (Å²) in [5.74, 6) is 0.830. The number of hydrogen-bond donors (Lipinski definition) is 1. The minimum atomic E-state index is -0.0560. The van der Waals surface area contributed by atoms with Gasteiger partial charge in [0.2, 0.25) is 5.91 Å². The molecule has 0 bridgehead atoms. The van der Waals surface area contributed by atoms with Gasteiger partial charge in [0, 0.05) is 23.0 Å². The van der Waals surface area contributed by atoms with Gasteiger partial charge in [-0.1, -0.05) is 11.6 Å². The first kappa shape index (κ1) is 19.6. The van der Waals surface area contributed by atoms with Gasteiger partial charge in [-0.15, -0.1) is 24.2 Å². The Kier molecular flexibility index (Phi) is 8.62. The van der Waals surface area contributed by atoms with E-state index < -0.39 is 0 Å². The van der Waals surface area contributed by atoms with Crippen molar-refractivity contribution in [3.8, 4) is 0 Å². The summed E-state index contributed by atoms with van der Waals surface area (Å²) in [6.07, 6.45) is 2.32. The average Bonchev–Trinajstić information content (AvgIpc) is 2.49. The predicted molar refractivity (Wildman–Crippen MR) is 97.2 cm³/mol. The number of nitrogens with one attached hydrogen (secondary N) is 1. The smallest absolute Gasteiger partial charge is 0.235 e. The van der Waals surface area contributed by atoms with Crippen LogP contribution in [0.4, 0.5) is 0 Å². The molecule has 1 amide bonds. The fourth-order valence-electron chi connectivity index (χ4n) is 2.75. The van der Waals surface area contributed by atoms with Crippen LogP contribution in [0.5, 0.6) is 0 Å². The first-order chi connectivity index (χ1) is 10.1. The van der Waals surface area contributed by atoms with Crippen molar-refractivity contribution in [3.63, 3.8) is 0 Å². The van der Waals surface area contributed by atoms with Gasteiger partial charge in [-0.3, -0.25) is 4.79 Å². The highest BCUT2D eigenvalue weighted by Gasteiger charge is 2.26. The Morgan fingerprint density at radius 2 is 2.14 bits per heavy atom. The van der Waals surface area contributed by atoms with Crippen molar-refractivity contribution >= 4 is 41.7 Å². The van der Waals surface area contributed by atoms with Crippen LogP contribution in [-0.2, 0) is 4.79 Å². The topological polar surface area (TPSA) is 32.3 Å². The Bertz CT molecular complexity index is 468. The SMILES string of the molecule is CNCC1CCCN(C(=O)C(C)Sc2ccc(Cl)cc2)C1.Cl. The fraction of sp³-hybridized carbons (Fsp3) is 0.562. The number of hydrogen-bond acceptors (Lipinski definition) is 3. The minimum absolute atomic E-state index is 0. The summed E-state index contributed by atoms with van der Waals surface area (Å²) < 4.78 is 0. The van der Waals surface area contributed by atoms with E-state index in [0.717, 1.165) is 36.0 Å². The predicted octanol–water partition coefficient (Wildman–Crippen LogP) is 3.70. The fourth-order valence-corrected chi connectivity index (χ4v) is 3.82. The molecule has 0 aromatic heterocycles. The van der Waals surface area contributed by atoms with Crippen LogP contribution in [0.1, 0.15) is 19.8 Å². The molecule has 0 radical (unpaired) electrons. The van der Waals surface area contributed by atoms with Crippen molar-refractivity contribution in [2.24, 2.45) is 5.92 Å². The third kappa shape index (κ3) is 5.65. The largest absolute Gasteiger partial charge is 0.341 e. The van der Waals surface area contributed by atoms with E-state index in [1.54, 1.807) is 11.8 Å². The molecule has 1 aromatic carbocycles. The van der Waals surface area contributed by atoms with Crippen LogP contribution >= 0.6 is 35.8 Å². The molecule has 1 aromatic rings. The number of likely N-dealkylation sites (tertiary alicyclic amines) is 1. The first-order valence-corrected chi connectivity index (χ1v) is 8.71. The van der Waals surface area contributed by atoms with Crippen molar-refractivity contribution in [2.45, 2.75) is 29.9 Å². The monoisotopic (exact) mass is 362 g/mol. The van der Waals surface area contributed by atoms with Gasteiger partial charge in [0.15, 0.2) is 0 Å². The minimum Gasteiger partial charge on any atom is -0.341 e. The molecule has 0 aliphatic carbocycles. The highest BCUT2D eigenvalue weighted by Crippen LogP contribution is 2.27. The van der Waals surface area contributed by atoms with Gasteiger partial charge in [0.1, 0.15) is 0 Å². The molecule has 3 nitrogen and oxygen atoms in total. The number of halogens is 2. The number of amides is 1. The molecule has 2 rings (SSSR count). The van der Waals surface area contributed by atoms with Gasteiger partial charge in [-0.05, 0) is 63.5 Å². The van der Waals surface area contributed by atoms with E-state index in [1.165, 1.54) is 6.42 Å². The molecular formula is C16H24Cl2N2OS. The standard InChI is InChI=1S/C16H23ClN2OS.ClH/c1-12(21-15-7-5-14(17)6-8-15)16(20)19-9-3-4-13(11-19)10-18-2;/h5-8,12-13,18H,3-4,9-11H2,1-2H3;1H. The Labute approximate surface area is 148 Å². The number of rotatable bonds is 5. The molecule has 1 aliphatic rings. The Hall–Kier alpha value is -0.420. The average molecular weight is 363 g/mol. The summed E-state index contributed by atoms with van der Waals surface area (Å²) in [6.45, 7) is 4.75. The Morgan fingerprint density at radius 1 is 1.45 bits per heavy atom. The molecule has 1 saturated heterocycles. The van der Waals surface area contributed by atoms with Crippen LogP contribution in [-0.4, -0.2) is 42.7 Å². The molecule has 124 valence electrons. The second-order valence-electron chi connectivity index (χ2n) is 5.56. The van der Waals surface area contributed by atoms with Crippen LogP contribution in [0.2, 0.25) is 5.02 Å². The van der Waals surface area contributed by atoms with Gasteiger partial charge in [0.05, 0.1) is 5.25 Å². The summed E-state index contributed by atoms with van der Waals surface area (Å²) in [4.78, 5) is 15.7. The zero-order valence-electron chi connectivity index (χ0n) is 13.0. The number of thioether (sulfide) groups is 1. The van der Waals surface area contributed by atoms with Gasteiger partial charge in [-0.25, -0.2) is 0 Å². The molecule has 1 heterocycles. The number of carbonyl (C=O) groups excluding carboxylic acids is 1. The molecule has 2 atom stereocenters. The third-order valence-electron chi connectivity index (χ3n) is 3.80. The first-order valence-electron chi connectivity index (χ1n) is 7.45. The lowest BCUT2D eigenvalue weighted by Crippen LogP contribution is -2.45. The molecule has 0 saturated carbocycles. The lowest BCUT2D eigenvalue weighted by molar-refractivity contribution is -0.132. The number of benzene rings is 1. The lowest BCUT2D eigenvalue weighted by atomic mass is 9.98. The summed E-state index contributed by atoms with van der Waals surface area (Å²) in [7, 11) is 1.97. The molecule has 2 unspecified atom stereocenters. The zero-order valence-corrected chi connectivity index (χ0v) is 15.4. The molecule has 1 fully saturated rings. The summed E-state index contributed by atoms with van der Waals surface area (Å²) in [5, 5.41) is 3.89. The van der Waals surface area contributed by atoms with Crippen molar-refractivity contribution in [3.05, 3.63) is 29.3 Å². The molecular weight excluding hydrogens is 339 g/mol. The van der Waals surface area contributed by atoms with Crippen LogP contribution in [0, 0.1) is 5.92 Å². The van der Waals surface area contributed by atoms with Crippen LogP contribution in [0.25, 0.3) is 0 Å². The second kappa shape index (κ2) is 9.66. The maximum atomic E-state index is 12.6. The number of piperidine rings is 1. The highest BCUT2D eigenvalue weighted by molar-refractivity contribution is 8.00. The quantitative estimate of drug-likeness (QED) is 0.810. The summed E-state index contributed by atoms with van der Waals surface area (Å²) in [5.41, 5.74) is 0. The van der Waals surface area contributed by atoms with E-state index >= 15 is 0 Å². The Morgan fingerprint density at radius 3 is 2.77 bits per heavy atom. The number of nitrogens with zero attached hydrogens (tertiary/aromatic N) is 1. The van der Waals surface area contributed by atoms with Crippen LogP contribution < -0.4 is 5.32 Å². The van der Waals surface area contributed by atoms with Gasteiger partial charge in [-0.2, -0.15) is 0 Å². The van der Waals surface area contributed by atoms with E-state index in [1.807, 2.05) is 43.1 Å². The molecule has 1 N–H and O–H groups in total. The van der Waals surface area contributed by atoms with Crippen LogP contribution in [0.15, 0.2) is 29.2 Å². The zero-order chi connectivity index (χ0) is 15.2. The summed E-state index contributed by atoms with van der Waals surface area (Å²) in [6, 6.07) is 7.67. The van der Waals surface area contributed by atoms with Crippen LogP contribution in [0.3, 0.4) is 0 Å². The van der Waals surface area contributed by atoms with E-state index in [4.69, 9.17) is 11.6 Å². The number of carbonyl (C=O) groups is 1. The van der Waals surface area contributed by atoms with E-state index in [-0.39, 0.29) is 23.6 Å². The highest BCUT2D eigenvalue weighted by atomic mass is 35.5. The maximum Gasteiger partial charge on any atom is 0.235 e. The normalized spacial score (nSPS) is 19.4. The molecule has 6 heteroatoms. The van der Waals surface area contributed by atoms with Crippen molar-refractivity contribution in [1.29, 1.82) is 0 Å². The van der Waals surface area contributed by atoms with Gasteiger partial charge in [0.25, 0.3) is 0 Å². The van der Waals surface area contributed by atoms with E-state index in [2.05, 4.69) is 5.32 Å². The molecule has 22 heavy (non-hydrogen) atoms. The van der Waals surface area contributed by atoms with Gasteiger partial charge >= 0.3 is 0 Å². The van der Waals surface area contributed by atoms with Gasteiger partial charge < -0.3 is 10.2 Å². The third-order valence-corrected chi connectivity index (χ3v) is 5.15. The second-order valence-corrected chi connectivity index (χ2v) is 7.41.